The number of hydrogen-bond donors (Lipinski definition) is 1. The standard InChI is InChI=1S/C9H7N3O2/c13-7-3-1-2-6-4-10-8(5-11-14)12-9(6)7/h1-4,13H,5H2. The number of aromatic hydroxyl groups is 1. The van der Waals surface area contributed by atoms with E-state index in [1.165, 1.54) is 6.07 Å². The normalized spacial score (nSPS) is 10.3. The van der Waals surface area contributed by atoms with Crippen LogP contribution in [-0.2, 0) is 6.54 Å². The highest BCUT2D eigenvalue weighted by molar-refractivity contribution is 5.83. The number of rotatable bonds is 2. The maximum Gasteiger partial charge on any atom is 0.154 e. The molecule has 0 unspecified atom stereocenters. The summed E-state index contributed by atoms with van der Waals surface area (Å²) < 4.78 is 0. The summed E-state index contributed by atoms with van der Waals surface area (Å²) in [5, 5.41) is 12.9. The van der Waals surface area contributed by atoms with Gasteiger partial charge in [-0.25, -0.2) is 9.97 Å². The molecule has 0 aliphatic carbocycles. The number of aromatic nitrogens is 2. The molecule has 0 fully saturated rings. The summed E-state index contributed by atoms with van der Waals surface area (Å²) in [5.74, 6) is 0.394. The third kappa shape index (κ3) is 1.39. The van der Waals surface area contributed by atoms with Gasteiger partial charge in [0.25, 0.3) is 0 Å². The van der Waals surface area contributed by atoms with Gasteiger partial charge < -0.3 is 5.11 Å². The molecule has 0 bridgehead atoms. The predicted octanol–water partition coefficient (Wildman–Crippen LogP) is 1.60. The Balaban J connectivity index is 2.63. The van der Waals surface area contributed by atoms with Crippen LogP contribution >= 0.6 is 0 Å². The zero-order chi connectivity index (χ0) is 9.97. The van der Waals surface area contributed by atoms with Gasteiger partial charge in [-0.15, -0.1) is 0 Å². The number of benzene rings is 1. The van der Waals surface area contributed by atoms with E-state index < -0.39 is 0 Å². The van der Waals surface area contributed by atoms with Crippen molar-refractivity contribution in [1.82, 2.24) is 9.97 Å². The van der Waals surface area contributed by atoms with Gasteiger partial charge in [-0.2, -0.15) is 4.91 Å². The fraction of sp³-hybridized carbons (Fsp3) is 0.111. The van der Waals surface area contributed by atoms with Crippen LogP contribution in [0.1, 0.15) is 5.82 Å². The number of fused-ring (bicyclic) bond motifs is 1. The van der Waals surface area contributed by atoms with Gasteiger partial charge in [0.2, 0.25) is 0 Å². The molecule has 1 aromatic carbocycles. The molecule has 2 aromatic rings. The Kier molecular flexibility index (Phi) is 2.06. The number of hydrogen-bond acceptors (Lipinski definition) is 5. The molecule has 1 aromatic heterocycles. The van der Waals surface area contributed by atoms with Gasteiger partial charge in [0, 0.05) is 11.6 Å². The first-order chi connectivity index (χ1) is 6.81. The molecule has 0 aliphatic heterocycles. The second kappa shape index (κ2) is 3.37. The number of nitroso groups, excluding NO2 is 1. The molecular weight excluding hydrogens is 182 g/mol. The third-order valence-electron chi connectivity index (χ3n) is 1.85. The van der Waals surface area contributed by atoms with Crippen LogP contribution in [0.15, 0.2) is 29.6 Å². The lowest BCUT2D eigenvalue weighted by atomic mass is 10.2. The molecular formula is C9H7N3O2. The van der Waals surface area contributed by atoms with Gasteiger partial charge in [0.05, 0.1) is 0 Å². The van der Waals surface area contributed by atoms with Crippen molar-refractivity contribution in [3.8, 4) is 5.75 Å². The highest BCUT2D eigenvalue weighted by atomic mass is 16.3. The van der Waals surface area contributed by atoms with Crippen LogP contribution in [0, 0.1) is 4.91 Å². The lowest BCUT2D eigenvalue weighted by Gasteiger charge is -2.00. The molecule has 70 valence electrons. The largest absolute Gasteiger partial charge is 0.506 e. The lowest BCUT2D eigenvalue weighted by molar-refractivity contribution is 0.480. The van der Waals surface area contributed by atoms with E-state index in [1.54, 1.807) is 18.3 Å². The molecule has 5 heteroatoms. The van der Waals surface area contributed by atoms with E-state index >= 15 is 0 Å². The number of para-hydroxylation sites is 1. The monoisotopic (exact) mass is 189 g/mol. The van der Waals surface area contributed by atoms with Crippen LogP contribution in [0.5, 0.6) is 5.75 Å². The Morgan fingerprint density at radius 2 is 2.29 bits per heavy atom. The van der Waals surface area contributed by atoms with Crippen LogP contribution in [0.25, 0.3) is 10.9 Å². The molecule has 1 heterocycles. The van der Waals surface area contributed by atoms with Crippen molar-refractivity contribution in [3.05, 3.63) is 35.1 Å². The first-order valence-corrected chi connectivity index (χ1v) is 4.04. The average molecular weight is 189 g/mol. The Bertz CT molecular complexity index is 484. The minimum Gasteiger partial charge on any atom is -0.506 e. The highest BCUT2D eigenvalue weighted by Crippen LogP contribution is 2.21. The molecule has 0 amide bonds. The van der Waals surface area contributed by atoms with Crippen molar-refractivity contribution in [2.45, 2.75) is 6.54 Å². The predicted molar refractivity (Wildman–Crippen MR) is 50.7 cm³/mol. The summed E-state index contributed by atoms with van der Waals surface area (Å²) in [7, 11) is 0. The number of phenolic OH excluding ortho intramolecular Hbond substituents is 1. The van der Waals surface area contributed by atoms with Gasteiger partial charge in [-0.1, -0.05) is 17.3 Å². The molecule has 0 saturated carbocycles. The van der Waals surface area contributed by atoms with E-state index in [-0.39, 0.29) is 12.3 Å². The molecule has 2 rings (SSSR count). The highest BCUT2D eigenvalue weighted by Gasteiger charge is 2.03. The summed E-state index contributed by atoms with van der Waals surface area (Å²) in [6, 6.07) is 5.03. The molecule has 14 heavy (non-hydrogen) atoms. The zero-order valence-corrected chi connectivity index (χ0v) is 7.21. The number of nitrogens with zero attached hydrogens (tertiary/aromatic N) is 3. The quantitative estimate of drug-likeness (QED) is 0.728. The summed E-state index contributed by atoms with van der Waals surface area (Å²) in [6.45, 7) is -0.0791. The van der Waals surface area contributed by atoms with Crippen LogP contribution in [0.2, 0.25) is 0 Å². The Labute approximate surface area is 79.4 Å². The molecule has 0 aliphatic rings. The summed E-state index contributed by atoms with van der Waals surface area (Å²) in [6.07, 6.45) is 1.56. The maximum absolute atomic E-state index is 10.0. The zero-order valence-electron chi connectivity index (χ0n) is 7.21. The van der Waals surface area contributed by atoms with Crippen LogP contribution in [-0.4, -0.2) is 15.1 Å². The lowest BCUT2D eigenvalue weighted by Crippen LogP contribution is -1.92. The van der Waals surface area contributed by atoms with E-state index in [1.807, 2.05) is 0 Å². The van der Waals surface area contributed by atoms with Crippen LogP contribution < -0.4 is 0 Å². The second-order valence-electron chi connectivity index (χ2n) is 2.79. The molecule has 0 radical (unpaired) electrons. The molecule has 1 N–H and O–H groups in total. The fourth-order valence-corrected chi connectivity index (χ4v) is 1.21. The van der Waals surface area contributed by atoms with Crippen molar-refractivity contribution in [3.63, 3.8) is 0 Å². The molecule has 0 saturated heterocycles. The van der Waals surface area contributed by atoms with Crippen molar-refractivity contribution >= 4 is 10.9 Å². The molecule has 0 atom stereocenters. The van der Waals surface area contributed by atoms with Crippen LogP contribution in [0.4, 0.5) is 0 Å². The molecule has 0 spiro atoms. The van der Waals surface area contributed by atoms with E-state index in [0.29, 0.717) is 11.3 Å². The maximum atomic E-state index is 10.0. The van der Waals surface area contributed by atoms with Crippen LogP contribution in [0.3, 0.4) is 0 Å². The van der Waals surface area contributed by atoms with Gasteiger partial charge in [-0.3, -0.25) is 0 Å². The summed E-state index contributed by atoms with van der Waals surface area (Å²) in [5.41, 5.74) is 0.446. The first-order valence-electron chi connectivity index (χ1n) is 4.04. The Hall–Kier alpha value is -2.04. The van der Waals surface area contributed by atoms with Crippen molar-refractivity contribution in [2.24, 2.45) is 5.18 Å². The first kappa shape index (κ1) is 8.55. The number of phenols is 1. The van der Waals surface area contributed by atoms with Crippen molar-refractivity contribution < 1.29 is 5.11 Å². The average Bonchev–Trinajstić information content (AvgIpc) is 2.20. The SMILES string of the molecule is O=NCc1ncc2cccc(O)c2n1. The van der Waals surface area contributed by atoms with Gasteiger partial charge in [-0.05, 0) is 6.07 Å². The van der Waals surface area contributed by atoms with Crippen molar-refractivity contribution in [1.29, 1.82) is 0 Å². The van der Waals surface area contributed by atoms with Gasteiger partial charge >= 0.3 is 0 Å². The van der Waals surface area contributed by atoms with Gasteiger partial charge in [0.15, 0.2) is 5.82 Å². The Morgan fingerprint density at radius 1 is 1.43 bits per heavy atom. The minimum absolute atomic E-state index is 0.0791. The fourth-order valence-electron chi connectivity index (χ4n) is 1.21. The minimum atomic E-state index is -0.0791. The van der Waals surface area contributed by atoms with Gasteiger partial charge in [0.1, 0.15) is 17.8 Å². The smallest absolute Gasteiger partial charge is 0.154 e. The summed E-state index contributed by atoms with van der Waals surface area (Å²) >= 11 is 0. The van der Waals surface area contributed by atoms with E-state index in [2.05, 4.69) is 15.1 Å². The summed E-state index contributed by atoms with van der Waals surface area (Å²) in [4.78, 5) is 17.9. The van der Waals surface area contributed by atoms with Crippen molar-refractivity contribution in [2.75, 3.05) is 0 Å². The molecule has 5 nitrogen and oxygen atoms in total. The van der Waals surface area contributed by atoms with E-state index in [9.17, 15) is 10.0 Å². The Morgan fingerprint density at radius 3 is 3.07 bits per heavy atom. The second-order valence-corrected chi connectivity index (χ2v) is 2.79. The topological polar surface area (TPSA) is 75.4 Å². The van der Waals surface area contributed by atoms with E-state index in [0.717, 1.165) is 5.39 Å². The van der Waals surface area contributed by atoms with E-state index in [4.69, 9.17) is 0 Å². The third-order valence-corrected chi connectivity index (χ3v) is 1.85.